The first-order chi connectivity index (χ1) is 10.0. The molecule has 0 aliphatic heterocycles. The van der Waals surface area contributed by atoms with Crippen molar-refractivity contribution in [2.75, 3.05) is 10.7 Å². The quantitative estimate of drug-likeness (QED) is 0.494. The van der Waals surface area contributed by atoms with E-state index in [0.29, 0.717) is 0 Å². The molecule has 2 aromatic carbocycles. The van der Waals surface area contributed by atoms with E-state index in [9.17, 15) is 0 Å². The molecule has 2 rings (SSSR count). The molecule has 0 heterocycles. The van der Waals surface area contributed by atoms with Gasteiger partial charge in [-0.1, -0.05) is 79.4 Å². The van der Waals surface area contributed by atoms with Crippen molar-refractivity contribution in [2.45, 2.75) is 25.7 Å². The third kappa shape index (κ3) is 3.91. The Kier molecular flexibility index (Phi) is 5.93. The predicted octanol–water partition coefficient (Wildman–Crippen LogP) is 6.23. The van der Waals surface area contributed by atoms with Crippen molar-refractivity contribution in [3.05, 3.63) is 69.7 Å². The second-order valence-electron chi connectivity index (χ2n) is 5.66. The second kappa shape index (κ2) is 7.30. The van der Waals surface area contributed by atoms with Crippen molar-refractivity contribution in [2.24, 2.45) is 0 Å². The Morgan fingerprint density at radius 2 is 1.57 bits per heavy atom. The highest BCUT2D eigenvalue weighted by Gasteiger charge is 2.31. The summed E-state index contributed by atoms with van der Waals surface area (Å²) in [4.78, 5) is 0. The van der Waals surface area contributed by atoms with E-state index in [1.807, 2.05) is 12.1 Å². The predicted molar refractivity (Wildman–Crippen MR) is 100 cm³/mol. The third-order valence-electron chi connectivity index (χ3n) is 4.00. The Hall–Kier alpha value is -0.310. The van der Waals surface area contributed by atoms with E-state index in [1.165, 1.54) is 22.3 Å². The van der Waals surface area contributed by atoms with Gasteiger partial charge >= 0.3 is 0 Å². The molecule has 0 spiro atoms. The normalized spacial score (nSPS) is 11.7. The topological polar surface area (TPSA) is 0 Å². The number of hydrogen-bond donors (Lipinski definition) is 0. The maximum absolute atomic E-state index is 6.03. The zero-order valence-corrected chi connectivity index (χ0v) is 16.2. The van der Waals surface area contributed by atoms with Gasteiger partial charge in [0, 0.05) is 21.1 Å². The molecular weight excluding hydrogens is 411 g/mol. The molecule has 0 radical (unpaired) electrons. The number of benzene rings is 2. The SMILES string of the molecule is Cc1ccc(C)c(CC(CBr)(CBr)c2ccc(Cl)cc2)c1. The molecule has 0 saturated heterocycles. The molecule has 0 amide bonds. The molecule has 0 saturated carbocycles. The van der Waals surface area contributed by atoms with Gasteiger partial charge in [0.25, 0.3) is 0 Å². The molecule has 0 unspecified atom stereocenters. The number of alkyl halides is 2. The minimum absolute atomic E-state index is 0.0309. The highest BCUT2D eigenvalue weighted by Crippen LogP contribution is 2.34. The summed E-state index contributed by atoms with van der Waals surface area (Å²) in [5.41, 5.74) is 5.40. The summed E-state index contributed by atoms with van der Waals surface area (Å²) in [6.45, 7) is 4.33. The van der Waals surface area contributed by atoms with E-state index in [1.54, 1.807) is 0 Å². The van der Waals surface area contributed by atoms with Crippen LogP contribution < -0.4 is 0 Å². The van der Waals surface area contributed by atoms with Crippen LogP contribution in [-0.4, -0.2) is 10.7 Å². The van der Waals surface area contributed by atoms with Gasteiger partial charge < -0.3 is 0 Å². The van der Waals surface area contributed by atoms with Crippen molar-refractivity contribution < 1.29 is 0 Å². The fourth-order valence-electron chi connectivity index (χ4n) is 2.55. The van der Waals surface area contributed by atoms with E-state index in [-0.39, 0.29) is 5.41 Å². The van der Waals surface area contributed by atoms with Gasteiger partial charge in [-0.25, -0.2) is 0 Å². The molecular formula is C18H19Br2Cl. The van der Waals surface area contributed by atoms with Crippen LogP contribution in [-0.2, 0) is 11.8 Å². The van der Waals surface area contributed by atoms with Crippen molar-refractivity contribution in [1.82, 2.24) is 0 Å². The van der Waals surface area contributed by atoms with Crippen LogP contribution in [0.4, 0.5) is 0 Å². The van der Waals surface area contributed by atoms with Gasteiger partial charge in [0.2, 0.25) is 0 Å². The first kappa shape index (κ1) is 17.1. The van der Waals surface area contributed by atoms with Crippen molar-refractivity contribution in [1.29, 1.82) is 0 Å². The molecule has 0 aliphatic rings. The molecule has 0 N–H and O–H groups in total. The lowest BCUT2D eigenvalue weighted by Crippen LogP contribution is -2.33. The maximum Gasteiger partial charge on any atom is 0.0406 e. The number of halogens is 3. The summed E-state index contributed by atoms with van der Waals surface area (Å²) in [6, 6.07) is 14.9. The van der Waals surface area contributed by atoms with E-state index >= 15 is 0 Å². The van der Waals surface area contributed by atoms with Crippen LogP contribution in [0, 0.1) is 13.8 Å². The van der Waals surface area contributed by atoms with Crippen LogP contribution in [0.2, 0.25) is 5.02 Å². The molecule has 112 valence electrons. The largest absolute Gasteiger partial charge is 0.0918 e. The number of rotatable bonds is 5. The first-order valence-electron chi connectivity index (χ1n) is 6.95. The average Bonchev–Trinajstić information content (AvgIpc) is 2.49. The standard InChI is InChI=1S/C18H19Br2Cl/c1-13-3-4-14(2)15(9-13)10-18(11-19,12-20)16-5-7-17(21)8-6-16/h3-9H,10-12H2,1-2H3. The van der Waals surface area contributed by atoms with Crippen LogP contribution in [0.15, 0.2) is 42.5 Å². The summed E-state index contributed by atoms with van der Waals surface area (Å²) in [5, 5.41) is 2.59. The smallest absolute Gasteiger partial charge is 0.0406 e. The Morgan fingerprint density at radius 1 is 0.952 bits per heavy atom. The summed E-state index contributed by atoms with van der Waals surface area (Å²) in [7, 11) is 0. The molecule has 0 aromatic heterocycles. The maximum atomic E-state index is 6.03. The van der Waals surface area contributed by atoms with Gasteiger partial charge in [-0.3, -0.25) is 0 Å². The molecule has 0 bridgehead atoms. The number of aryl methyl sites for hydroxylation is 2. The van der Waals surface area contributed by atoms with Gasteiger partial charge in [-0.2, -0.15) is 0 Å². The zero-order valence-electron chi connectivity index (χ0n) is 12.3. The van der Waals surface area contributed by atoms with E-state index in [4.69, 9.17) is 11.6 Å². The van der Waals surface area contributed by atoms with Crippen LogP contribution in [0.25, 0.3) is 0 Å². The first-order valence-corrected chi connectivity index (χ1v) is 9.57. The second-order valence-corrected chi connectivity index (χ2v) is 7.22. The summed E-state index contributed by atoms with van der Waals surface area (Å²) < 4.78 is 0. The Bertz CT molecular complexity index is 601. The molecule has 0 aliphatic carbocycles. The summed E-state index contributed by atoms with van der Waals surface area (Å²) >= 11 is 13.5. The van der Waals surface area contributed by atoms with Crippen LogP contribution in [0.5, 0.6) is 0 Å². The van der Waals surface area contributed by atoms with E-state index < -0.39 is 0 Å². The van der Waals surface area contributed by atoms with Crippen molar-refractivity contribution in [3.63, 3.8) is 0 Å². The molecule has 0 fully saturated rings. The van der Waals surface area contributed by atoms with E-state index in [2.05, 4.69) is 76.0 Å². The molecule has 3 heteroatoms. The minimum Gasteiger partial charge on any atom is -0.0918 e. The Balaban J connectivity index is 2.42. The van der Waals surface area contributed by atoms with Crippen molar-refractivity contribution in [3.8, 4) is 0 Å². The molecule has 2 aromatic rings. The summed E-state index contributed by atoms with van der Waals surface area (Å²) in [6.07, 6.45) is 0.999. The third-order valence-corrected chi connectivity index (χ3v) is 6.40. The lowest BCUT2D eigenvalue weighted by atomic mass is 9.78. The lowest BCUT2D eigenvalue weighted by molar-refractivity contribution is 0.549. The minimum atomic E-state index is 0.0309. The van der Waals surface area contributed by atoms with Crippen LogP contribution in [0.3, 0.4) is 0 Å². The van der Waals surface area contributed by atoms with Gasteiger partial charge in [0.05, 0.1) is 0 Å². The average molecular weight is 431 g/mol. The van der Waals surface area contributed by atoms with Gasteiger partial charge in [-0.05, 0) is 49.1 Å². The molecule has 0 atom stereocenters. The van der Waals surface area contributed by atoms with Gasteiger partial charge in [0.15, 0.2) is 0 Å². The Labute approximate surface area is 149 Å². The molecule has 0 nitrogen and oxygen atoms in total. The fourth-order valence-corrected chi connectivity index (χ4v) is 4.64. The van der Waals surface area contributed by atoms with Crippen LogP contribution >= 0.6 is 43.5 Å². The Morgan fingerprint density at radius 3 is 2.14 bits per heavy atom. The van der Waals surface area contributed by atoms with Crippen molar-refractivity contribution >= 4 is 43.5 Å². The zero-order chi connectivity index (χ0) is 15.5. The van der Waals surface area contributed by atoms with Crippen LogP contribution in [0.1, 0.15) is 22.3 Å². The van der Waals surface area contributed by atoms with Gasteiger partial charge in [0.1, 0.15) is 0 Å². The highest BCUT2D eigenvalue weighted by molar-refractivity contribution is 9.09. The monoisotopic (exact) mass is 428 g/mol. The number of hydrogen-bond acceptors (Lipinski definition) is 0. The fraction of sp³-hybridized carbons (Fsp3) is 0.333. The van der Waals surface area contributed by atoms with E-state index in [0.717, 1.165) is 22.1 Å². The highest BCUT2D eigenvalue weighted by atomic mass is 79.9. The van der Waals surface area contributed by atoms with Gasteiger partial charge in [-0.15, -0.1) is 0 Å². The summed E-state index contributed by atoms with van der Waals surface area (Å²) in [5.74, 6) is 0. The molecule has 21 heavy (non-hydrogen) atoms. The lowest BCUT2D eigenvalue weighted by Gasteiger charge is -2.31.